The van der Waals surface area contributed by atoms with Gasteiger partial charge in [0.2, 0.25) is 0 Å². The summed E-state index contributed by atoms with van der Waals surface area (Å²) >= 11 is 0. The Bertz CT molecular complexity index is 307. The molecule has 2 N–H and O–H groups in total. The number of nitrogens with two attached hydrogens (primary N) is 1. The van der Waals surface area contributed by atoms with Gasteiger partial charge >= 0.3 is 0 Å². The summed E-state index contributed by atoms with van der Waals surface area (Å²) in [7, 11) is 1.52. The summed E-state index contributed by atoms with van der Waals surface area (Å²) in [5.74, 6) is 0.236. The van der Waals surface area contributed by atoms with Crippen LogP contribution < -0.4 is 10.5 Å². The van der Waals surface area contributed by atoms with E-state index in [1.165, 1.54) is 19.2 Å². The highest BCUT2D eigenvalue weighted by Gasteiger charge is 2.11. The predicted octanol–water partition coefficient (Wildman–Crippen LogP) is 3.06. The first-order valence-electron chi connectivity index (χ1n) is 4.78. The summed E-state index contributed by atoms with van der Waals surface area (Å²) in [6, 6.07) is 4.39. The van der Waals surface area contributed by atoms with Gasteiger partial charge in [-0.2, -0.15) is 0 Å². The number of halogens is 2. The zero-order valence-electron chi connectivity index (χ0n) is 9.00. The summed E-state index contributed by atoms with van der Waals surface area (Å²) < 4.78 is 17.9. The maximum Gasteiger partial charge on any atom is 0.126 e. The van der Waals surface area contributed by atoms with Crippen LogP contribution in [0.4, 0.5) is 4.39 Å². The second-order valence-corrected chi connectivity index (χ2v) is 3.28. The van der Waals surface area contributed by atoms with Gasteiger partial charge in [0.1, 0.15) is 11.6 Å². The first-order valence-corrected chi connectivity index (χ1v) is 4.78. The van der Waals surface area contributed by atoms with Crippen LogP contribution in [0.3, 0.4) is 0 Å². The number of hydrogen-bond acceptors (Lipinski definition) is 2. The standard InChI is InChI=1S/C11H16FNO.ClH/c1-3-4-10(13)9-6-5-8(12)7-11(9)14-2;/h5-7,10H,3-4,13H2,1-2H3;1H/t10-;/m0./s1. The molecule has 1 rings (SSSR count). The molecule has 1 aromatic carbocycles. The molecule has 0 amide bonds. The van der Waals surface area contributed by atoms with Crippen LogP contribution in [-0.2, 0) is 0 Å². The topological polar surface area (TPSA) is 35.2 Å². The fourth-order valence-electron chi connectivity index (χ4n) is 1.46. The van der Waals surface area contributed by atoms with E-state index in [-0.39, 0.29) is 24.3 Å². The highest BCUT2D eigenvalue weighted by molar-refractivity contribution is 5.85. The minimum Gasteiger partial charge on any atom is -0.496 e. The van der Waals surface area contributed by atoms with Crippen LogP contribution in [0.5, 0.6) is 5.75 Å². The third kappa shape index (κ3) is 3.68. The molecule has 0 aliphatic heterocycles. The zero-order chi connectivity index (χ0) is 10.6. The van der Waals surface area contributed by atoms with Crippen molar-refractivity contribution in [2.45, 2.75) is 25.8 Å². The Hall–Kier alpha value is -0.800. The van der Waals surface area contributed by atoms with Crippen molar-refractivity contribution in [3.63, 3.8) is 0 Å². The molecule has 1 atom stereocenters. The molecule has 0 fully saturated rings. The van der Waals surface area contributed by atoms with E-state index < -0.39 is 0 Å². The normalized spacial score (nSPS) is 11.7. The maximum atomic E-state index is 12.9. The molecule has 4 heteroatoms. The second kappa shape index (κ2) is 6.64. The van der Waals surface area contributed by atoms with E-state index >= 15 is 0 Å². The summed E-state index contributed by atoms with van der Waals surface area (Å²) in [5, 5.41) is 0. The molecule has 1 aromatic rings. The molecule has 15 heavy (non-hydrogen) atoms. The highest BCUT2D eigenvalue weighted by Crippen LogP contribution is 2.26. The Balaban J connectivity index is 0.00000196. The van der Waals surface area contributed by atoms with Crippen molar-refractivity contribution < 1.29 is 9.13 Å². The van der Waals surface area contributed by atoms with Gasteiger partial charge in [0.25, 0.3) is 0 Å². The quantitative estimate of drug-likeness (QED) is 0.868. The summed E-state index contributed by atoms with van der Waals surface area (Å²) in [6.07, 6.45) is 1.88. The number of benzene rings is 1. The van der Waals surface area contributed by atoms with Crippen LogP contribution in [0.2, 0.25) is 0 Å². The third-order valence-corrected chi connectivity index (χ3v) is 2.19. The van der Waals surface area contributed by atoms with E-state index in [1.807, 2.05) is 0 Å². The zero-order valence-corrected chi connectivity index (χ0v) is 9.81. The fourth-order valence-corrected chi connectivity index (χ4v) is 1.46. The predicted molar refractivity (Wildman–Crippen MR) is 62.0 cm³/mol. The van der Waals surface area contributed by atoms with Crippen molar-refractivity contribution in [3.05, 3.63) is 29.6 Å². The minimum atomic E-state index is -0.297. The number of rotatable bonds is 4. The highest BCUT2D eigenvalue weighted by atomic mass is 35.5. The van der Waals surface area contributed by atoms with Crippen LogP contribution in [0.25, 0.3) is 0 Å². The van der Waals surface area contributed by atoms with Crippen molar-refractivity contribution in [2.75, 3.05) is 7.11 Å². The van der Waals surface area contributed by atoms with Crippen molar-refractivity contribution in [2.24, 2.45) is 5.73 Å². The van der Waals surface area contributed by atoms with E-state index in [4.69, 9.17) is 10.5 Å². The average molecular weight is 234 g/mol. The van der Waals surface area contributed by atoms with Gasteiger partial charge in [-0.1, -0.05) is 19.4 Å². The molecular formula is C11H17ClFNO. The van der Waals surface area contributed by atoms with E-state index in [0.717, 1.165) is 18.4 Å². The Labute approximate surface area is 96.0 Å². The lowest BCUT2D eigenvalue weighted by Gasteiger charge is -2.14. The van der Waals surface area contributed by atoms with Crippen LogP contribution >= 0.6 is 12.4 Å². The molecular weight excluding hydrogens is 217 g/mol. The van der Waals surface area contributed by atoms with Crippen molar-refractivity contribution in [3.8, 4) is 5.75 Å². The SMILES string of the molecule is CCC[C@H](N)c1ccc(F)cc1OC.Cl. The van der Waals surface area contributed by atoms with Crippen LogP contribution in [0, 0.1) is 5.82 Å². The molecule has 0 radical (unpaired) electrons. The largest absolute Gasteiger partial charge is 0.496 e. The molecule has 0 heterocycles. The number of methoxy groups -OCH3 is 1. The van der Waals surface area contributed by atoms with E-state index in [2.05, 4.69) is 6.92 Å². The first kappa shape index (κ1) is 14.2. The molecule has 0 aromatic heterocycles. The second-order valence-electron chi connectivity index (χ2n) is 3.28. The van der Waals surface area contributed by atoms with E-state index in [0.29, 0.717) is 5.75 Å². The lowest BCUT2D eigenvalue weighted by atomic mass is 10.0. The molecule has 0 saturated heterocycles. The first-order chi connectivity index (χ1) is 6.69. The van der Waals surface area contributed by atoms with Gasteiger partial charge in [-0.05, 0) is 12.5 Å². The summed E-state index contributed by atoms with van der Waals surface area (Å²) in [4.78, 5) is 0. The van der Waals surface area contributed by atoms with Gasteiger partial charge in [-0.15, -0.1) is 12.4 Å². The molecule has 0 bridgehead atoms. The average Bonchev–Trinajstić information content (AvgIpc) is 2.17. The molecule has 0 unspecified atom stereocenters. The van der Waals surface area contributed by atoms with Crippen molar-refractivity contribution in [1.82, 2.24) is 0 Å². The molecule has 0 saturated carbocycles. The third-order valence-electron chi connectivity index (χ3n) is 2.19. The van der Waals surface area contributed by atoms with Gasteiger partial charge in [0.05, 0.1) is 7.11 Å². The van der Waals surface area contributed by atoms with Gasteiger partial charge in [0, 0.05) is 17.7 Å². The van der Waals surface area contributed by atoms with Gasteiger partial charge < -0.3 is 10.5 Å². The molecule has 0 aliphatic rings. The molecule has 0 aliphatic carbocycles. The van der Waals surface area contributed by atoms with Crippen molar-refractivity contribution >= 4 is 12.4 Å². The summed E-state index contributed by atoms with van der Waals surface area (Å²) in [5.41, 5.74) is 6.80. The maximum absolute atomic E-state index is 12.9. The lowest BCUT2D eigenvalue weighted by Crippen LogP contribution is -2.11. The Morgan fingerprint density at radius 1 is 1.47 bits per heavy atom. The Morgan fingerprint density at radius 2 is 2.13 bits per heavy atom. The summed E-state index contributed by atoms with van der Waals surface area (Å²) in [6.45, 7) is 2.07. The van der Waals surface area contributed by atoms with Crippen LogP contribution in [-0.4, -0.2) is 7.11 Å². The molecule has 86 valence electrons. The molecule has 0 spiro atoms. The minimum absolute atomic E-state index is 0. The van der Waals surface area contributed by atoms with Crippen molar-refractivity contribution in [1.29, 1.82) is 0 Å². The van der Waals surface area contributed by atoms with Gasteiger partial charge in [-0.25, -0.2) is 4.39 Å². The number of ether oxygens (including phenoxy) is 1. The van der Waals surface area contributed by atoms with Gasteiger partial charge in [0.15, 0.2) is 0 Å². The van der Waals surface area contributed by atoms with Crippen LogP contribution in [0.15, 0.2) is 18.2 Å². The van der Waals surface area contributed by atoms with Gasteiger partial charge in [-0.3, -0.25) is 0 Å². The smallest absolute Gasteiger partial charge is 0.126 e. The Kier molecular flexibility index (Phi) is 6.29. The molecule has 2 nitrogen and oxygen atoms in total. The lowest BCUT2D eigenvalue weighted by molar-refractivity contribution is 0.400. The monoisotopic (exact) mass is 233 g/mol. The van der Waals surface area contributed by atoms with E-state index in [9.17, 15) is 4.39 Å². The van der Waals surface area contributed by atoms with Crippen LogP contribution in [0.1, 0.15) is 31.4 Å². The Morgan fingerprint density at radius 3 is 2.67 bits per heavy atom. The number of hydrogen-bond donors (Lipinski definition) is 1. The van der Waals surface area contributed by atoms with E-state index in [1.54, 1.807) is 6.07 Å². The fraction of sp³-hybridized carbons (Fsp3) is 0.455.